The Labute approximate surface area is 183 Å². The van der Waals surface area contributed by atoms with Crippen LogP contribution in [0.25, 0.3) is 22.3 Å². The molecule has 158 valence electrons. The van der Waals surface area contributed by atoms with E-state index < -0.39 is 5.91 Å². The van der Waals surface area contributed by atoms with Gasteiger partial charge in [-0.1, -0.05) is 29.8 Å². The molecule has 6 nitrogen and oxygen atoms in total. The number of hydrogen-bond acceptors (Lipinski definition) is 5. The van der Waals surface area contributed by atoms with Crippen molar-refractivity contribution in [1.82, 2.24) is 5.32 Å². The van der Waals surface area contributed by atoms with Crippen LogP contribution in [-0.2, 0) is 11.3 Å². The standard InChI is InChI=1S/C24H20ClNO5/c1-14-10-15(2)21-19(11-14)31-23(17-7-3-4-8-18(17)25)24(22(21)28)30-13-20(27)26-12-16-6-5-9-29-16/h3-11H,12-13H2,1-2H3,(H,26,27). The molecule has 0 unspecified atom stereocenters. The Bertz CT molecular complexity index is 1310. The van der Waals surface area contributed by atoms with Gasteiger partial charge in [-0.3, -0.25) is 9.59 Å². The van der Waals surface area contributed by atoms with Crippen molar-refractivity contribution in [2.24, 2.45) is 0 Å². The molecule has 0 saturated heterocycles. The number of hydrogen-bond donors (Lipinski definition) is 1. The number of halogens is 1. The van der Waals surface area contributed by atoms with E-state index in [1.54, 1.807) is 42.5 Å². The zero-order chi connectivity index (χ0) is 22.0. The van der Waals surface area contributed by atoms with Crippen molar-refractivity contribution >= 4 is 28.5 Å². The minimum absolute atomic E-state index is 0.0549. The monoisotopic (exact) mass is 437 g/mol. The number of rotatable bonds is 6. The molecule has 7 heteroatoms. The topological polar surface area (TPSA) is 81.7 Å². The van der Waals surface area contributed by atoms with Crippen LogP contribution >= 0.6 is 11.6 Å². The lowest BCUT2D eigenvalue weighted by Crippen LogP contribution is -2.29. The molecule has 0 radical (unpaired) electrons. The molecule has 1 N–H and O–H groups in total. The van der Waals surface area contributed by atoms with E-state index in [-0.39, 0.29) is 30.1 Å². The van der Waals surface area contributed by atoms with Crippen molar-refractivity contribution in [3.8, 4) is 17.1 Å². The fourth-order valence-electron chi connectivity index (χ4n) is 3.41. The predicted molar refractivity (Wildman–Crippen MR) is 118 cm³/mol. The lowest BCUT2D eigenvalue weighted by atomic mass is 10.0. The molecule has 0 atom stereocenters. The van der Waals surface area contributed by atoms with Gasteiger partial charge >= 0.3 is 0 Å². The van der Waals surface area contributed by atoms with Gasteiger partial charge in [-0.2, -0.15) is 0 Å². The zero-order valence-electron chi connectivity index (χ0n) is 17.0. The number of nitrogens with one attached hydrogen (secondary N) is 1. The van der Waals surface area contributed by atoms with E-state index in [1.807, 2.05) is 19.9 Å². The van der Waals surface area contributed by atoms with Gasteiger partial charge in [0, 0.05) is 5.56 Å². The highest BCUT2D eigenvalue weighted by atomic mass is 35.5. The van der Waals surface area contributed by atoms with Gasteiger partial charge in [-0.25, -0.2) is 0 Å². The molecular weight excluding hydrogens is 418 g/mol. The number of fused-ring (bicyclic) bond motifs is 1. The van der Waals surface area contributed by atoms with Crippen molar-refractivity contribution in [3.63, 3.8) is 0 Å². The molecule has 2 aromatic carbocycles. The fraction of sp³-hybridized carbons (Fsp3) is 0.167. The summed E-state index contributed by atoms with van der Waals surface area (Å²) < 4.78 is 17.0. The lowest BCUT2D eigenvalue weighted by molar-refractivity contribution is -0.123. The normalized spacial score (nSPS) is 10.9. The average Bonchev–Trinajstić information content (AvgIpc) is 3.25. The molecule has 4 aromatic rings. The van der Waals surface area contributed by atoms with Crippen LogP contribution in [-0.4, -0.2) is 12.5 Å². The number of carbonyl (C=O) groups excluding carboxylic acids is 1. The van der Waals surface area contributed by atoms with E-state index in [9.17, 15) is 9.59 Å². The van der Waals surface area contributed by atoms with Gasteiger partial charge in [0.05, 0.1) is 23.2 Å². The Balaban J connectivity index is 1.72. The first kappa shape index (κ1) is 20.8. The molecule has 2 aromatic heterocycles. The summed E-state index contributed by atoms with van der Waals surface area (Å²) in [5, 5.41) is 3.50. The Morgan fingerprint density at radius 2 is 1.94 bits per heavy atom. The van der Waals surface area contributed by atoms with Gasteiger partial charge in [0.2, 0.25) is 11.2 Å². The smallest absolute Gasteiger partial charge is 0.258 e. The maximum absolute atomic E-state index is 13.3. The molecule has 1 amide bonds. The first-order valence-corrected chi connectivity index (χ1v) is 10.1. The van der Waals surface area contributed by atoms with E-state index >= 15 is 0 Å². The molecule has 31 heavy (non-hydrogen) atoms. The third kappa shape index (κ3) is 4.34. The van der Waals surface area contributed by atoms with E-state index in [4.69, 9.17) is 25.2 Å². The molecule has 4 rings (SSSR count). The molecule has 0 saturated carbocycles. The highest BCUT2D eigenvalue weighted by molar-refractivity contribution is 6.33. The molecule has 0 aliphatic heterocycles. The minimum atomic E-state index is -0.401. The third-order valence-corrected chi connectivity index (χ3v) is 5.13. The van der Waals surface area contributed by atoms with Gasteiger partial charge in [0.15, 0.2) is 12.4 Å². The maximum Gasteiger partial charge on any atom is 0.258 e. The van der Waals surface area contributed by atoms with Crippen molar-refractivity contribution in [3.05, 3.63) is 86.9 Å². The largest absolute Gasteiger partial charge is 0.476 e. The summed E-state index contributed by atoms with van der Waals surface area (Å²) in [5.41, 5.74) is 2.32. The summed E-state index contributed by atoms with van der Waals surface area (Å²) in [6, 6.07) is 14.2. The van der Waals surface area contributed by atoms with Crippen LogP contribution in [0.2, 0.25) is 5.02 Å². The second-order valence-corrected chi connectivity index (χ2v) is 7.58. The van der Waals surface area contributed by atoms with Crippen LogP contribution in [0.3, 0.4) is 0 Å². The zero-order valence-corrected chi connectivity index (χ0v) is 17.8. The Kier molecular flexibility index (Phi) is 5.82. The number of carbonyl (C=O) groups is 1. The first-order valence-electron chi connectivity index (χ1n) is 9.69. The molecule has 2 heterocycles. The number of aryl methyl sites for hydroxylation is 2. The average molecular weight is 438 g/mol. The van der Waals surface area contributed by atoms with Crippen LogP contribution in [0.4, 0.5) is 0 Å². The molecule has 0 aliphatic rings. The summed E-state index contributed by atoms with van der Waals surface area (Å²) in [5.74, 6) is 0.343. The van der Waals surface area contributed by atoms with Crippen molar-refractivity contribution in [2.45, 2.75) is 20.4 Å². The van der Waals surface area contributed by atoms with Crippen LogP contribution in [0.15, 0.2) is 68.4 Å². The lowest BCUT2D eigenvalue weighted by Gasteiger charge is -2.14. The van der Waals surface area contributed by atoms with Crippen molar-refractivity contribution in [2.75, 3.05) is 6.61 Å². The van der Waals surface area contributed by atoms with Crippen LogP contribution < -0.4 is 15.5 Å². The molecule has 0 fully saturated rings. The number of benzene rings is 2. The Morgan fingerprint density at radius 3 is 2.68 bits per heavy atom. The first-order chi connectivity index (χ1) is 14.9. The summed E-state index contributed by atoms with van der Waals surface area (Å²) in [6.45, 7) is 3.62. The second-order valence-electron chi connectivity index (χ2n) is 7.17. The van der Waals surface area contributed by atoms with E-state index in [0.29, 0.717) is 27.3 Å². The molecule has 0 aliphatic carbocycles. The molecule has 0 spiro atoms. The summed E-state index contributed by atoms with van der Waals surface area (Å²) in [7, 11) is 0. The van der Waals surface area contributed by atoms with Crippen LogP contribution in [0.5, 0.6) is 5.75 Å². The van der Waals surface area contributed by atoms with Gasteiger partial charge in [0.25, 0.3) is 5.91 Å². The summed E-state index contributed by atoms with van der Waals surface area (Å²) in [4.78, 5) is 25.6. The molecular formula is C24H20ClNO5. The number of amides is 1. The maximum atomic E-state index is 13.3. The van der Waals surface area contributed by atoms with Crippen molar-refractivity contribution < 1.29 is 18.4 Å². The molecule has 0 bridgehead atoms. The van der Waals surface area contributed by atoms with Gasteiger partial charge in [0.1, 0.15) is 11.3 Å². The number of furan rings is 1. The fourth-order valence-corrected chi connectivity index (χ4v) is 3.64. The van der Waals surface area contributed by atoms with E-state index in [2.05, 4.69) is 5.32 Å². The summed E-state index contributed by atoms with van der Waals surface area (Å²) >= 11 is 6.36. The third-order valence-electron chi connectivity index (χ3n) is 4.80. The van der Waals surface area contributed by atoms with Gasteiger partial charge in [-0.05, 0) is 55.3 Å². The Morgan fingerprint density at radius 1 is 1.13 bits per heavy atom. The predicted octanol–water partition coefficient (Wildman–Crippen LogP) is 5.02. The van der Waals surface area contributed by atoms with E-state index in [0.717, 1.165) is 11.1 Å². The van der Waals surface area contributed by atoms with Crippen LogP contribution in [0.1, 0.15) is 16.9 Å². The van der Waals surface area contributed by atoms with Crippen molar-refractivity contribution in [1.29, 1.82) is 0 Å². The van der Waals surface area contributed by atoms with E-state index in [1.165, 1.54) is 6.26 Å². The minimum Gasteiger partial charge on any atom is -0.476 e. The van der Waals surface area contributed by atoms with Gasteiger partial charge in [-0.15, -0.1) is 0 Å². The van der Waals surface area contributed by atoms with Gasteiger partial charge < -0.3 is 18.9 Å². The quantitative estimate of drug-likeness (QED) is 0.458. The second kappa shape index (κ2) is 8.70. The summed E-state index contributed by atoms with van der Waals surface area (Å²) in [6.07, 6.45) is 1.53. The van der Waals surface area contributed by atoms with Crippen LogP contribution in [0, 0.1) is 13.8 Å². The number of ether oxygens (including phenoxy) is 1. The highest BCUT2D eigenvalue weighted by Crippen LogP contribution is 2.36. The highest BCUT2D eigenvalue weighted by Gasteiger charge is 2.21. The Hall–Kier alpha value is -3.51. The SMILES string of the molecule is Cc1cc(C)c2c(=O)c(OCC(=O)NCc3ccco3)c(-c3ccccc3Cl)oc2c1.